The molecule has 0 radical (unpaired) electrons. The number of nitrogens with one attached hydrogen (secondary N) is 1. The van der Waals surface area contributed by atoms with E-state index in [2.05, 4.69) is 5.32 Å². The number of hydrogen-bond acceptors (Lipinski definition) is 2. The summed E-state index contributed by atoms with van der Waals surface area (Å²) >= 11 is 0. The van der Waals surface area contributed by atoms with Gasteiger partial charge in [0.25, 0.3) is 0 Å². The third kappa shape index (κ3) is 6.00. The number of hydrogen-bond donors (Lipinski definition) is 1. The van der Waals surface area contributed by atoms with Crippen LogP contribution >= 0.6 is 0 Å². The van der Waals surface area contributed by atoms with E-state index in [-0.39, 0.29) is 11.7 Å². The maximum absolute atomic E-state index is 12.0. The minimum absolute atomic E-state index is 0.0773. The van der Waals surface area contributed by atoms with Gasteiger partial charge in [0, 0.05) is 23.1 Å². The predicted molar refractivity (Wildman–Crippen MR) is 87.5 cm³/mol. The van der Waals surface area contributed by atoms with Crippen LogP contribution in [0.25, 0.3) is 0 Å². The van der Waals surface area contributed by atoms with E-state index in [1.807, 2.05) is 31.2 Å². The van der Waals surface area contributed by atoms with Crippen molar-refractivity contribution in [3.8, 4) is 0 Å². The van der Waals surface area contributed by atoms with Crippen LogP contribution in [0.1, 0.15) is 43.2 Å². The predicted octanol–water partition coefficient (Wildman–Crippen LogP) is 2.94. The molecule has 1 saturated carbocycles. The summed E-state index contributed by atoms with van der Waals surface area (Å²) in [4.78, 5) is 11.8. The number of carbonyl (C=O) groups is 1. The van der Waals surface area contributed by atoms with Gasteiger partial charge in [-0.15, -0.1) is 0 Å². The topological polar surface area (TPSA) is 46.2 Å². The molecule has 116 valence electrons. The number of carbonyl (C=O) groups excluding carboxylic acids is 1. The largest absolute Gasteiger partial charge is 0.355 e. The van der Waals surface area contributed by atoms with Gasteiger partial charge in [-0.05, 0) is 31.2 Å². The number of amides is 1. The van der Waals surface area contributed by atoms with Gasteiger partial charge in [0.1, 0.15) is 5.75 Å². The molecule has 1 fully saturated rings. The van der Waals surface area contributed by atoms with E-state index in [1.165, 1.54) is 32.1 Å². The Bertz CT molecular complexity index is 495. The van der Waals surface area contributed by atoms with Gasteiger partial charge in [0.05, 0.1) is 0 Å². The van der Waals surface area contributed by atoms with Crippen molar-refractivity contribution in [3.63, 3.8) is 0 Å². The Morgan fingerprint density at radius 3 is 2.76 bits per heavy atom. The first-order valence-electron chi connectivity index (χ1n) is 7.80. The van der Waals surface area contributed by atoms with Crippen LogP contribution in [0.2, 0.25) is 0 Å². The van der Waals surface area contributed by atoms with Crippen molar-refractivity contribution >= 4 is 16.7 Å². The molecule has 0 aromatic heterocycles. The molecule has 1 aromatic rings. The second-order valence-electron chi connectivity index (χ2n) is 6.03. The zero-order valence-electron chi connectivity index (χ0n) is 12.8. The Morgan fingerprint density at radius 1 is 1.29 bits per heavy atom. The molecule has 2 rings (SSSR count). The van der Waals surface area contributed by atoms with Crippen LogP contribution in [0, 0.1) is 12.8 Å². The highest BCUT2D eigenvalue weighted by molar-refractivity contribution is 7.84. The van der Waals surface area contributed by atoms with E-state index < -0.39 is 10.8 Å². The summed E-state index contributed by atoms with van der Waals surface area (Å²) in [6, 6.07) is 7.97. The smallest absolute Gasteiger partial charge is 0.232 e. The first-order chi connectivity index (χ1) is 10.1. The fourth-order valence-electron chi connectivity index (χ4n) is 2.89. The molecule has 0 spiro atoms. The Kier molecular flexibility index (Phi) is 6.43. The fourth-order valence-corrected chi connectivity index (χ4v) is 3.93. The van der Waals surface area contributed by atoms with Crippen molar-refractivity contribution in [3.05, 3.63) is 35.4 Å². The Morgan fingerprint density at radius 2 is 2.05 bits per heavy atom. The molecule has 1 aliphatic rings. The minimum atomic E-state index is -1.13. The minimum Gasteiger partial charge on any atom is -0.355 e. The van der Waals surface area contributed by atoms with Crippen LogP contribution in [0.5, 0.6) is 0 Å². The molecule has 0 saturated heterocycles. The zero-order chi connectivity index (χ0) is 15.1. The number of rotatable bonds is 6. The van der Waals surface area contributed by atoms with Crippen LogP contribution in [0.4, 0.5) is 0 Å². The fraction of sp³-hybridized carbons (Fsp3) is 0.588. The van der Waals surface area contributed by atoms with Gasteiger partial charge in [-0.1, -0.05) is 49.1 Å². The van der Waals surface area contributed by atoms with Crippen molar-refractivity contribution in [2.24, 2.45) is 5.92 Å². The van der Waals surface area contributed by atoms with E-state index in [0.717, 1.165) is 17.7 Å². The summed E-state index contributed by atoms with van der Waals surface area (Å²) < 4.78 is 12.0. The molecule has 0 unspecified atom stereocenters. The molecule has 3 nitrogen and oxygen atoms in total. The van der Waals surface area contributed by atoms with E-state index in [4.69, 9.17) is 0 Å². The first kappa shape index (κ1) is 16.2. The SMILES string of the molecule is Cc1cccc(C[S@@](=O)CC(=O)NCC2CCCCC2)c1. The lowest BCUT2D eigenvalue weighted by atomic mass is 9.89. The van der Waals surface area contributed by atoms with Crippen molar-refractivity contribution in [1.82, 2.24) is 5.32 Å². The maximum Gasteiger partial charge on any atom is 0.232 e. The van der Waals surface area contributed by atoms with Gasteiger partial charge in [0.15, 0.2) is 0 Å². The molecule has 1 amide bonds. The van der Waals surface area contributed by atoms with Crippen LogP contribution in [-0.4, -0.2) is 22.4 Å². The molecule has 1 aliphatic carbocycles. The molecule has 4 heteroatoms. The van der Waals surface area contributed by atoms with Gasteiger partial charge in [-0.3, -0.25) is 9.00 Å². The standard InChI is InChI=1S/C17H25NO2S/c1-14-6-5-9-16(10-14)12-21(20)13-17(19)18-11-15-7-3-2-4-8-15/h5-6,9-10,15H,2-4,7-8,11-13H2,1H3,(H,18,19)/t21-/m1/s1. The monoisotopic (exact) mass is 307 g/mol. The Hall–Kier alpha value is -1.16. The molecular weight excluding hydrogens is 282 g/mol. The summed E-state index contributed by atoms with van der Waals surface area (Å²) in [6.07, 6.45) is 6.31. The molecule has 1 aromatic carbocycles. The van der Waals surface area contributed by atoms with Crippen molar-refractivity contribution in [1.29, 1.82) is 0 Å². The van der Waals surface area contributed by atoms with E-state index in [0.29, 0.717) is 11.7 Å². The highest BCUT2D eigenvalue weighted by atomic mass is 32.2. The summed E-state index contributed by atoms with van der Waals surface area (Å²) in [7, 11) is -1.13. The normalized spacial score (nSPS) is 17.4. The van der Waals surface area contributed by atoms with Crippen LogP contribution < -0.4 is 5.32 Å². The van der Waals surface area contributed by atoms with E-state index in [9.17, 15) is 9.00 Å². The molecule has 0 aliphatic heterocycles. The number of benzene rings is 1. The Labute approximate surface area is 130 Å². The van der Waals surface area contributed by atoms with Crippen LogP contribution in [0.3, 0.4) is 0 Å². The van der Waals surface area contributed by atoms with Crippen molar-refractivity contribution in [2.75, 3.05) is 12.3 Å². The van der Waals surface area contributed by atoms with E-state index in [1.54, 1.807) is 0 Å². The second kappa shape index (κ2) is 8.32. The van der Waals surface area contributed by atoms with Gasteiger partial charge < -0.3 is 5.32 Å². The third-order valence-corrected chi connectivity index (χ3v) is 5.25. The maximum atomic E-state index is 12.0. The van der Waals surface area contributed by atoms with Gasteiger partial charge in [-0.2, -0.15) is 0 Å². The highest BCUT2D eigenvalue weighted by Crippen LogP contribution is 2.22. The Balaban J connectivity index is 1.70. The molecule has 0 heterocycles. The summed E-state index contributed by atoms with van der Waals surface area (Å²) in [5, 5.41) is 2.95. The average Bonchev–Trinajstić information content (AvgIpc) is 2.46. The highest BCUT2D eigenvalue weighted by Gasteiger charge is 2.15. The van der Waals surface area contributed by atoms with Gasteiger partial charge in [0.2, 0.25) is 5.91 Å². The summed E-state index contributed by atoms with van der Waals surface area (Å²) in [5.41, 5.74) is 2.19. The zero-order valence-corrected chi connectivity index (χ0v) is 13.6. The van der Waals surface area contributed by atoms with Crippen LogP contribution in [0.15, 0.2) is 24.3 Å². The lowest BCUT2D eigenvalue weighted by molar-refractivity contribution is -0.118. The lowest BCUT2D eigenvalue weighted by Gasteiger charge is -2.21. The quantitative estimate of drug-likeness (QED) is 0.878. The van der Waals surface area contributed by atoms with Gasteiger partial charge >= 0.3 is 0 Å². The molecule has 0 bridgehead atoms. The summed E-state index contributed by atoms with van der Waals surface area (Å²) in [6.45, 7) is 2.77. The molecule has 1 atom stereocenters. The van der Waals surface area contributed by atoms with E-state index >= 15 is 0 Å². The van der Waals surface area contributed by atoms with Crippen molar-refractivity contribution < 1.29 is 9.00 Å². The van der Waals surface area contributed by atoms with Crippen LogP contribution in [-0.2, 0) is 21.3 Å². The first-order valence-corrected chi connectivity index (χ1v) is 9.29. The van der Waals surface area contributed by atoms with Crippen molar-refractivity contribution in [2.45, 2.75) is 44.8 Å². The second-order valence-corrected chi connectivity index (χ2v) is 7.48. The average molecular weight is 307 g/mol. The number of aryl methyl sites for hydroxylation is 1. The third-order valence-electron chi connectivity index (χ3n) is 4.01. The summed E-state index contributed by atoms with van der Waals surface area (Å²) in [5.74, 6) is 1.11. The lowest BCUT2D eigenvalue weighted by Crippen LogP contribution is -2.33. The molecular formula is C17H25NO2S. The van der Waals surface area contributed by atoms with Gasteiger partial charge in [-0.25, -0.2) is 0 Å². The molecule has 21 heavy (non-hydrogen) atoms. The molecule has 1 N–H and O–H groups in total.